The minimum atomic E-state index is -3.53. The number of amides is 1. The maximum Gasteiger partial charge on any atom is 0.243 e. The highest BCUT2D eigenvalue weighted by Gasteiger charge is 2.31. The molecule has 0 atom stereocenters. The third-order valence-electron chi connectivity index (χ3n) is 4.66. The molecule has 0 saturated carbocycles. The molecule has 1 amide bonds. The summed E-state index contributed by atoms with van der Waals surface area (Å²) in [5, 5.41) is 0. The molecule has 25 heavy (non-hydrogen) atoms. The molecule has 0 radical (unpaired) electrons. The molecule has 1 aromatic carbocycles. The van der Waals surface area contributed by atoms with Crippen LogP contribution in [0.25, 0.3) is 0 Å². The van der Waals surface area contributed by atoms with Crippen LogP contribution in [0, 0.1) is 5.92 Å². The SMILES string of the molecule is CCOc1ccc(S(=O)(=O)N2CCN(C(=O)C(CC)CC)CC2)cc1. The summed E-state index contributed by atoms with van der Waals surface area (Å²) in [4.78, 5) is 14.5. The van der Waals surface area contributed by atoms with E-state index in [1.54, 1.807) is 29.2 Å². The fourth-order valence-electron chi connectivity index (χ4n) is 3.07. The number of nitrogens with zero attached hydrogens (tertiary/aromatic N) is 2. The fraction of sp³-hybridized carbons (Fsp3) is 0.611. The lowest BCUT2D eigenvalue weighted by Crippen LogP contribution is -2.51. The summed E-state index contributed by atoms with van der Waals surface area (Å²) in [6.45, 7) is 8.02. The Morgan fingerprint density at radius 2 is 1.60 bits per heavy atom. The maximum atomic E-state index is 12.8. The van der Waals surface area contributed by atoms with E-state index >= 15 is 0 Å². The van der Waals surface area contributed by atoms with Crippen LogP contribution in [0.5, 0.6) is 5.75 Å². The topological polar surface area (TPSA) is 66.9 Å². The number of piperazine rings is 1. The lowest BCUT2D eigenvalue weighted by Gasteiger charge is -2.35. The Morgan fingerprint density at radius 3 is 2.08 bits per heavy atom. The van der Waals surface area contributed by atoms with Gasteiger partial charge in [-0.15, -0.1) is 0 Å². The van der Waals surface area contributed by atoms with Crippen molar-refractivity contribution in [2.24, 2.45) is 5.92 Å². The molecule has 1 fully saturated rings. The maximum absolute atomic E-state index is 12.8. The van der Waals surface area contributed by atoms with Gasteiger partial charge in [0.1, 0.15) is 5.75 Å². The Hall–Kier alpha value is -1.60. The van der Waals surface area contributed by atoms with Gasteiger partial charge in [-0.2, -0.15) is 4.31 Å². The Bertz CT molecular complexity index is 661. The molecule has 2 rings (SSSR count). The molecule has 1 heterocycles. The number of carbonyl (C=O) groups excluding carboxylic acids is 1. The van der Waals surface area contributed by atoms with E-state index in [1.807, 2.05) is 20.8 Å². The third-order valence-corrected chi connectivity index (χ3v) is 6.57. The smallest absolute Gasteiger partial charge is 0.243 e. The quantitative estimate of drug-likeness (QED) is 0.741. The van der Waals surface area contributed by atoms with Crippen molar-refractivity contribution in [2.45, 2.75) is 38.5 Å². The van der Waals surface area contributed by atoms with Crippen molar-refractivity contribution in [1.29, 1.82) is 0 Å². The summed E-state index contributed by atoms with van der Waals surface area (Å²) in [5.74, 6) is 0.833. The van der Waals surface area contributed by atoms with Gasteiger partial charge < -0.3 is 9.64 Å². The zero-order chi connectivity index (χ0) is 18.4. The van der Waals surface area contributed by atoms with Gasteiger partial charge in [0.2, 0.25) is 15.9 Å². The van der Waals surface area contributed by atoms with Crippen molar-refractivity contribution in [3.8, 4) is 5.75 Å². The Balaban J connectivity index is 2.02. The second-order valence-corrected chi connectivity index (χ2v) is 8.09. The molecule has 0 N–H and O–H groups in total. The summed E-state index contributed by atoms with van der Waals surface area (Å²) in [5.41, 5.74) is 0. The van der Waals surface area contributed by atoms with Gasteiger partial charge in [0.25, 0.3) is 0 Å². The van der Waals surface area contributed by atoms with Crippen molar-refractivity contribution in [2.75, 3.05) is 32.8 Å². The highest BCUT2D eigenvalue weighted by atomic mass is 32.2. The first-order chi connectivity index (χ1) is 11.9. The van der Waals surface area contributed by atoms with Gasteiger partial charge in [0, 0.05) is 32.1 Å². The first-order valence-corrected chi connectivity index (χ1v) is 10.4. The van der Waals surface area contributed by atoms with Crippen molar-refractivity contribution in [3.63, 3.8) is 0 Å². The van der Waals surface area contributed by atoms with Crippen LogP contribution in [0.2, 0.25) is 0 Å². The number of carbonyl (C=O) groups is 1. The molecule has 0 unspecified atom stereocenters. The van der Waals surface area contributed by atoms with Gasteiger partial charge in [-0.3, -0.25) is 4.79 Å². The molecule has 7 heteroatoms. The van der Waals surface area contributed by atoms with E-state index in [0.29, 0.717) is 38.5 Å². The average molecular weight is 368 g/mol. The minimum absolute atomic E-state index is 0.0364. The summed E-state index contributed by atoms with van der Waals surface area (Å²) < 4.78 is 32.3. The molecule has 1 saturated heterocycles. The van der Waals surface area contributed by atoms with Crippen molar-refractivity contribution in [3.05, 3.63) is 24.3 Å². The normalized spacial score (nSPS) is 16.2. The molecule has 1 aromatic rings. The molecule has 0 bridgehead atoms. The van der Waals surface area contributed by atoms with Crippen LogP contribution in [0.4, 0.5) is 0 Å². The van der Waals surface area contributed by atoms with Crippen molar-refractivity contribution in [1.82, 2.24) is 9.21 Å². The number of hydrogen-bond donors (Lipinski definition) is 0. The molecule has 1 aliphatic rings. The van der Waals surface area contributed by atoms with E-state index in [1.165, 1.54) is 4.31 Å². The van der Waals surface area contributed by atoms with E-state index < -0.39 is 10.0 Å². The van der Waals surface area contributed by atoms with E-state index in [4.69, 9.17) is 4.74 Å². The first-order valence-electron chi connectivity index (χ1n) is 8.95. The van der Waals surface area contributed by atoms with Gasteiger partial charge in [-0.05, 0) is 44.0 Å². The van der Waals surface area contributed by atoms with Gasteiger partial charge in [0.05, 0.1) is 11.5 Å². The van der Waals surface area contributed by atoms with Crippen LogP contribution in [0.1, 0.15) is 33.6 Å². The van der Waals surface area contributed by atoms with Crippen LogP contribution in [-0.2, 0) is 14.8 Å². The van der Waals surface area contributed by atoms with Crippen molar-refractivity contribution < 1.29 is 17.9 Å². The number of sulfonamides is 1. The number of hydrogen-bond acceptors (Lipinski definition) is 4. The predicted molar refractivity (Wildman–Crippen MR) is 97.0 cm³/mol. The first kappa shape index (κ1) is 19.7. The lowest BCUT2D eigenvalue weighted by molar-refractivity contribution is -0.136. The van der Waals surface area contributed by atoms with E-state index in [0.717, 1.165) is 12.8 Å². The number of rotatable bonds is 7. The largest absolute Gasteiger partial charge is 0.494 e. The van der Waals surface area contributed by atoms with E-state index in [2.05, 4.69) is 0 Å². The van der Waals surface area contributed by atoms with Gasteiger partial charge in [-0.1, -0.05) is 13.8 Å². The fourth-order valence-corrected chi connectivity index (χ4v) is 4.49. The predicted octanol–water partition coefficient (Wildman–Crippen LogP) is 2.35. The minimum Gasteiger partial charge on any atom is -0.494 e. The van der Waals surface area contributed by atoms with Crippen LogP contribution in [-0.4, -0.2) is 56.3 Å². The van der Waals surface area contributed by atoms with E-state index in [9.17, 15) is 13.2 Å². The van der Waals surface area contributed by atoms with Crippen molar-refractivity contribution >= 4 is 15.9 Å². The molecule has 1 aliphatic heterocycles. The third kappa shape index (κ3) is 4.52. The van der Waals surface area contributed by atoms with Gasteiger partial charge >= 0.3 is 0 Å². The molecular formula is C18H28N2O4S. The summed E-state index contributed by atoms with van der Waals surface area (Å²) in [6.07, 6.45) is 1.64. The monoisotopic (exact) mass is 368 g/mol. The molecule has 6 nitrogen and oxygen atoms in total. The van der Waals surface area contributed by atoms with Crippen LogP contribution >= 0.6 is 0 Å². The van der Waals surface area contributed by atoms with Crippen LogP contribution in [0.3, 0.4) is 0 Å². The van der Waals surface area contributed by atoms with Gasteiger partial charge in [0.15, 0.2) is 0 Å². The van der Waals surface area contributed by atoms with Crippen LogP contribution < -0.4 is 4.74 Å². The molecular weight excluding hydrogens is 340 g/mol. The molecule has 140 valence electrons. The van der Waals surface area contributed by atoms with E-state index in [-0.39, 0.29) is 16.7 Å². The zero-order valence-electron chi connectivity index (χ0n) is 15.3. The second-order valence-electron chi connectivity index (χ2n) is 6.15. The summed E-state index contributed by atoms with van der Waals surface area (Å²) in [6, 6.07) is 6.48. The highest BCUT2D eigenvalue weighted by molar-refractivity contribution is 7.89. The second kappa shape index (κ2) is 8.67. The van der Waals surface area contributed by atoms with Crippen LogP contribution in [0.15, 0.2) is 29.2 Å². The lowest BCUT2D eigenvalue weighted by atomic mass is 10.0. The number of ether oxygens (including phenoxy) is 1. The molecule has 0 aromatic heterocycles. The standard InChI is InChI=1S/C18H28N2O4S/c1-4-15(5-2)18(21)19-11-13-20(14-12-19)25(22,23)17-9-7-16(8-10-17)24-6-3/h7-10,15H,4-6,11-14H2,1-3H3. The Morgan fingerprint density at radius 1 is 1.04 bits per heavy atom. The summed E-state index contributed by atoms with van der Waals surface area (Å²) in [7, 11) is -3.53. The Kier molecular flexibility index (Phi) is 6.84. The highest BCUT2D eigenvalue weighted by Crippen LogP contribution is 2.22. The molecule has 0 aliphatic carbocycles. The summed E-state index contributed by atoms with van der Waals surface area (Å²) >= 11 is 0. The number of benzene rings is 1. The molecule has 0 spiro atoms. The Labute approximate surface area is 150 Å². The average Bonchev–Trinajstić information content (AvgIpc) is 2.63. The van der Waals surface area contributed by atoms with Gasteiger partial charge in [-0.25, -0.2) is 8.42 Å². The zero-order valence-corrected chi connectivity index (χ0v) is 16.1.